The fourth-order valence-corrected chi connectivity index (χ4v) is 8.50. The van der Waals surface area contributed by atoms with Gasteiger partial charge in [-0.2, -0.15) is 0 Å². The molecule has 0 radical (unpaired) electrons. The number of benzene rings is 6. The number of thiophene rings is 1. The maximum Gasteiger partial charge on any atom is 0.146 e. The molecule has 0 atom stereocenters. The molecular formula is C40H22N4OS. The van der Waals surface area contributed by atoms with Gasteiger partial charge in [-0.3, -0.25) is 8.80 Å². The van der Waals surface area contributed by atoms with E-state index in [2.05, 4.69) is 130 Å². The second-order valence-electron chi connectivity index (χ2n) is 11.9. The number of hydrogen-bond donors (Lipinski definition) is 0. The van der Waals surface area contributed by atoms with Gasteiger partial charge in [0.15, 0.2) is 0 Å². The number of imidazole rings is 2. The predicted molar refractivity (Wildman–Crippen MR) is 191 cm³/mol. The Hall–Kier alpha value is -5.98. The van der Waals surface area contributed by atoms with Gasteiger partial charge in [-0.15, -0.1) is 11.3 Å². The summed E-state index contributed by atoms with van der Waals surface area (Å²) in [6.07, 6.45) is 3.93. The van der Waals surface area contributed by atoms with Crippen molar-refractivity contribution in [3.63, 3.8) is 0 Å². The number of hydrogen-bond acceptors (Lipinski definition) is 4. The van der Waals surface area contributed by atoms with Crippen LogP contribution in [0, 0.1) is 0 Å². The quantitative estimate of drug-likeness (QED) is 0.184. The lowest BCUT2D eigenvalue weighted by Gasteiger charge is -2.13. The summed E-state index contributed by atoms with van der Waals surface area (Å²) in [5.74, 6) is 1.53. The highest BCUT2D eigenvalue weighted by atomic mass is 32.1. The Bertz CT molecular complexity index is 3080. The van der Waals surface area contributed by atoms with Gasteiger partial charge >= 0.3 is 0 Å². The molecule has 11 rings (SSSR count). The number of aromatic nitrogens is 4. The Kier molecular flexibility index (Phi) is 4.66. The molecule has 0 N–H and O–H groups in total. The van der Waals surface area contributed by atoms with E-state index in [1.165, 1.54) is 30.9 Å². The lowest BCUT2D eigenvalue weighted by molar-refractivity contribution is 0.484. The molecule has 0 bridgehead atoms. The van der Waals surface area contributed by atoms with Crippen molar-refractivity contribution in [3.05, 3.63) is 134 Å². The van der Waals surface area contributed by atoms with Gasteiger partial charge in [-0.1, -0.05) is 48.5 Å². The van der Waals surface area contributed by atoms with Crippen LogP contribution < -0.4 is 4.74 Å². The minimum Gasteiger partial charge on any atom is -0.457 e. The lowest BCUT2D eigenvalue weighted by Crippen LogP contribution is -1.93. The number of pyridine rings is 2. The first-order chi connectivity index (χ1) is 22.8. The van der Waals surface area contributed by atoms with E-state index in [4.69, 9.17) is 14.7 Å². The zero-order valence-corrected chi connectivity index (χ0v) is 25.1. The van der Waals surface area contributed by atoms with Crippen molar-refractivity contribution in [2.45, 2.75) is 0 Å². The Morgan fingerprint density at radius 1 is 0.500 bits per heavy atom. The topological polar surface area (TPSA) is 43.8 Å². The largest absolute Gasteiger partial charge is 0.457 e. The Labute approximate surface area is 265 Å². The summed E-state index contributed by atoms with van der Waals surface area (Å²) in [5, 5.41) is 9.41. The van der Waals surface area contributed by atoms with Crippen molar-refractivity contribution in [2.24, 2.45) is 0 Å². The molecule has 0 spiro atoms. The van der Waals surface area contributed by atoms with Gasteiger partial charge in [0.1, 0.15) is 22.8 Å². The highest BCUT2D eigenvalue weighted by Gasteiger charge is 2.16. The summed E-state index contributed by atoms with van der Waals surface area (Å²) >= 11 is 1.84. The highest BCUT2D eigenvalue weighted by molar-refractivity contribution is 7.25. The molecule has 0 fully saturated rings. The number of fused-ring (bicyclic) bond motifs is 17. The molecule has 214 valence electrons. The van der Waals surface area contributed by atoms with Gasteiger partial charge in [0.2, 0.25) is 0 Å². The van der Waals surface area contributed by atoms with E-state index in [-0.39, 0.29) is 0 Å². The second kappa shape index (κ2) is 8.81. The minimum absolute atomic E-state index is 0.767. The van der Waals surface area contributed by atoms with Crippen LogP contribution in [0.15, 0.2) is 134 Å². The van der Waals surface area contributed by atoms with E-state index in [0.717, 1.165) is 66.4 Å². The molecule has 0 saturated carbocycles. The number of rotatable bonds is 2. The van der Waals surface area contributed by atoms with Gasteiger partial charge in [-0.05, 0) is 83.6 Å². The molecule has 5 nitrogen and oxygen atoms in total. The smallest absolute Gasteiger partial charge is 0.146 e. The molecular weight excluding hydrogens is 585 g/mol. The van der Waals surface area contributed by atoms with E-state index >= 15 is 0 Å². The fraction of sp³-hybridized carbons (Fsp3) is 0. The minimum atomic E-state index is 0.767. The molecule has 5 aromatic heterocycles. The van der Waals surface area contributed by atoms with E-state index in [0.29, 0.717) is 0 Å². The number of nitrogens with zero attached hydrogens (tertiary/aromatic N) is 4. The SMILES string of the molecule is c1ccc2c(c1)nc1c3cc(Oc4ccc5c6cc7sc8ccccc8c7cc6n6ccnc6c5c4)ccc3c3ccccc3n21. The predicted octanol–water partition coefficient (Wildman–Crippen LogP) is 10.9. The first-order valence-electron chi connectivity index (χ1n) is 15.3. The summed E-state index contributed by atoms with van der Waals surface area (Å²) in [5.41, 5.74) is 6.22. The van der Waals surface area contributed by atoms with Crippen molar-refractivity contribution in [2.75, 3.05) is 0 Å². The monoisotopic (exact) mass is 606 g/mol. The maximum atomic E-state index is 6.61. The molecule has 0 saturated heterocycles. The van der Waals surface area contributed by atoms with Gasteiger partial charge in [-0.25, -0.2) is 9.97 Å². The van der Waals surface area contributed by atoms with Crippen LogP contribution in [0.4, 0.5) is 0 Å². The molecule has 6 heteroatoms. The third kappa shape index (κ3) is 3.23. The molecule has 0 aliphatic rings. The zero-order valence-electron chi connectivity index (χ0n) is 24.3. The maximum absolute atomic E-state index is 6.61. The summed E-state index contributed by atoms with van der Waals surface area (Å²) in [6, 6.07) is 42.9. The van der Waals surface area contributed by atoms with E-state index in [1.807, 2.05) is 23.6 Å². The lowest BCUT2D eigenvalue weighted by atomic mass is 10.0. The molecule has 11 aromatic rings. The van der Waals surface area contributed by atoms with Crippen LogP contribution in [0.3, 0.4) is 0 Å². The Morgan fingerprint density at radius 3 is 2.09 bits per heavy atom. The average Bonchev–Trinajstić information content (AvgIpc) is 3.84. The summed E-state index contributed by atoms with van der Waals surface area (Å²) in [6.45, 7) is 0. The Balaban J connectivity index is 1.11. The first-order valence-corrected chi connectivity index (χ1v) is 16.1. The van der Waals surface area contributed by atoms with Crippen LogP contribution in [0.5, 0.6) is 11.5 Å². The highest BCUT2D eigenvalue weighted by Crippen LogP contribution is 2.41. The zero-order chi connectivity index (χ0) is 29.9. The molecule has 0 aliphatic carbocycles. The van der Waals surface area contributed by atoms with E-state index in [1.54, 1.807) is 0 Å². The molecule has 0 unspecified atom stereocenters. The van der Waals surface area contributed by atoms with Crippen molar-refractivity contribution >= 4 is 97.2 Å². The van der Waals surface area contributed by atoms with Gasteiger partial charge in [0.25, 0.3) is 0 Å². The van der Waals surface area contributed by atoms with Gasteiger partial charge in [0.05, 0.1) is 22.1 Å². The van der Waals surface area contributed by atoms with Crippen molar-refractivity contribution in [1.29, 1.82) is 0 Å². The second-order valence-corrected chi connectivity index (χ2v) is 13.0. The van der Waals surface area contributed by atoms with Crippen LogP contribution in [-0.2, 0) is 0 Å². The standard InChI is InChI=1S/C40H22N4OS/c1-4-10-34-27(7-1)25-15-13-24(20-32(25)40-42-33-9-3-5-11-35(33)44(34)40)45-23-14-16-26-29-22-38-30(28-8-2-6-12-37(28)46-38)21-36(29)43-18-17-41-39(43)31(26)19-23/h1-22H. The van der Waals surface area contributed by atoms with Crippen molar-refractivity contribution in [1.82, 2.24) is 18.8 Å². The van der Waals surface area contributed by atoms with Gasteiger partial charge < -0.3 is 4.74 Å². The summed E-state index contributed by atoms with van der Waals surface area (Å²) in [7, 11) is 0. The van der Waals surface area contributed by atoms with E-state index in [9.17, 15) is 0 Å². The fourth-order valence-electron chi connectivity index (χ4n) is 7.37. The number of para-hydroxylation sites is 3. The van der Waals surface area contributed by atoms with Crippen LogP contribution in [0.25, 0.3) is 85.9 Å². The normalized spacial score (nSPS) is 12.3. The number of ether oxygens (including phenoxy) is 1. The molecule has 46 heavy (non-hydrogen) atoms. The van der Waals surface area contributed by atoms with Crippen LogP contribution in [0.2, 0.25) is 0 Å². The molecule has 6 aromatic carbocycles. The molecule has 5 heterocycles. The molecule has 0 amide bonds. The van der Waals surface area contributed by atoms with Gasteiger partial charge in [0, 0.05) is 54.1 Å². The molecule has 0 aliphatic heterocycles. The summed E-state index contributed by atoms with van der Waals surface area (Å²) in [4.78, 5) is 9.87. The van der Waals surface area contributed by atoms with Crippen LogP contribution in [0.1, 0.15) is 0 Å². The van der Waals surface area contributed by atoms with Crippen molar-refractivity contribution in [3.8, 4) is 11.5 Å². The summed E-state index contributed by atoms with van der Waals surface area (Å²) < 4.78 is 13.7. The van der Waals surface area contributed by atoms with Crippen molar-refractivity contribution < 1.29 is 4.74 Å². The average molecular weight is 607 g/mol. The van der Waals surface area contributed by atoms with E-state index < -0.39 is 0 Å². The third-order valence-electron chi connectivity index (χ3n) is 9.38. The van der Waals surface area contributed by atoms with Crippen LogP contribution in [-0.4, -0.2) is 18.8 Å². The van der Waals surface area contributed by atoms with Crippen LogP contribution >= 0.6 is 11.3 Å². The first kappa shape index (κ1) is 24.4. The third-order valence-corrected chi connectivity index (χ3v) is 10.5. The Morgan fingerprint density at radius 2 is 1.22 bits per heavy atom.